The summed E-state index contributed by atoms with van der Waals surface area (Å²) in [6.45, 7) is 6.47. The summed E-state index contributed by atoms with van der Waals surface area (Å²) in [4.78, 5) is 0. The van der Waals surface area contributed by atoms with Crippen molar-refractivity contribution in [2.75, 3.05) is 0 Å². The van der Waals surface area contributed by atoms with E-state index in [0.29, 0.717) is 0 Å². The average molecular weight is 156 g/mol. The van der Waals surface area contributed by atoms with Gasteiger partial charge in [0.05, 0.1) is 6.26 Å². The van der Waals surface area contributed by atoms with Crippen LogP contribution in [0.15, 0.2) is 11.8 Å². The van der Waals surface area contributed by atoms with Gasteiger partial charge in [-0.05, 0) is 31.3 Å². The highest BCUT2D eigenvalue weighted by molar-refractivity contribution is 4.91. The van der Waals surface area contributed by atoms with Crippen LogP contribution >= 0.6 is 0 Å². The summed E-state index contributed by atoms with van der Waals surface area (Å²) in [5.74, 6) is 0.835. The highest BCUT2D eigenvalue weighted by Gasteiger charge is 1.98. The van der Waals surface area contributed by atoms with E-state index in [-0.39, 0.29) is 0 Å². The number of aliphatic hydroxyl groups is 1. The van der Waals surface area contributed by atoms with E-state index in [2.05, 4.69) is 13.8 Å². The first-order valence-corrected chi connectivity index (χ1v) is 4.50. The summed E-state index contributed by atoms with van der Waals surface area (Å²) in [6.07, 6.45) is 6.01. The fourth-order valence-corrected chi connectivity index (χ4v) is 0.998. The Morgan fingerprint density at radius 2 is 2.18 bits per heavy atom. The Balaban J connectivity index is 3.27. The summed E-state index contributed by atoms with van der Waals surface area (Å²) in [5.41, 5.74) is 1.09. The SMILES string of the molecule is CCC(C)CCCC(C)=CO. The van der Waals surface area contributed by atoms with Crippen LogP contribution in [0.1, 0.15) is 46.5 Å². The number of allylic oxidation sites excluding steroid dienone is 1. The molecule has 0 aliphatic carbocycles. The maximum Gasteiger partial charge on any atom is 0.0780 e. The Morgan fingerprint density at radius 1 is 1.55 bits per heavy atom. The number of hydrogen-bond acceptors (Lipinski definition) is 1. The van der Waals surface area contributed by atoms with E-state index >= 15 is 0 Å². The molecular formula is C10H20O. The molecule has 0 spiro atoms. The molecule has 1 nitrogen and oxygen atoms in total. The maximum atomic E-state index is 8.60. The summed E-state index contributed by atoms with van der Waals surface area (Å²) < 4.78 is 0. The summed E-state index contributed by atoms with van der Waals surface area (Å²) >= 11 is 0. The molecule has 0 aromatic carbocycles. The van der Waals surface area contributed by atoms with Crippen LogP contribution in [0, 0.1) is 5.92 Å². The van der Waals surface area contributed by atoms with E-state index in [0.717, 1.165) is 17.9 Å². The largest absolute Gasteiger partial charge is 0.516 e. The van der Waals surface area contributed by atoms with Crippen LogP contribution in [0.2, 0.25) is 0 Å². The van der Waals surface area contributed by atoms with Gasteiger partial charge < -0.3 is 5.11 Å². The van der Waals surface area contributed by atoms with E-state index < -0.39 is 0 Å². The Hall–Kier alpha value is -0.460. The van der Waals surface area contributed by atoms with Gasteiger partial charge in [0.15, 0.2) is 0 Å². The zero-order chi connectivity index (χ0) is 8.69. The number of rotatable bonds is 5. The number of aliphatic hydroxyl groups excluding tert-OH is 1. The van der Waals surface area contributed by atoms with Crippen molar-refractivity contribution >= 4 is 0 Å². The van der Waals surface area contributed by atoms with Gasteiger partial charge in [0, 0.05) is 0 Å². The third-order valence-electron chi connectivity index (χ3n) is 2.19. The molecule has 1 unspecified atom stereocenters. The topological polar surface area (TPSA) is 20.2 Å². The first-order valence-electron chi connectivity index (χ1n) is 4.50. The normalized spacial score (nSPS) is 15.0. The van der Waals surface area contributed by atoms with Gasteiger partial charge in [0.2, 0.25) is 0 Å². The molecular weight excluding hydrogens is 136 g/mol. The Kier molecular flexibility index (Phi) is 6.00. The van der Waals surface area contributed by atoms with E-state index in [1.54, 1.807) is 0 Å². The molecule has 0 aliphatic heterocycles. The van der Waals surface area contributed by atoms with E-state index in [4.69, 9.17) is 5.11 Å². The molecule has 0 aromatic heterocycles. The Morgan fingerprint density at radius 3 is 2.64 bits per heavy atom. The predicted molar refractivity (Wildman–Crippen MR) is 49.7 cm³/mol. The van der Waals surface area contributed by atoms with Gasteiger partial charge in [-0.15, -0.1) is 0 Å². The van der Waals surface area contributed by atoms with Crippen LogP contribution in [0.3, 0.4) is 0 Å². The monoisotopic (exact) mass is 156 g/mol. The molecule has 0 bridgehead atoms. The first kappa shape index (κ1) is 10.5. The minimum absolute atomic E-state index is 0.835. The molecule has 0 fully saturated rings. The van der Waals surface area contributed by atoms with Crippen molar-refractivity contribution < 1.29 is 5.11 Å². The standard InChI is InChI=1S/C10H20O/c1-4-9(2)6-5-7-10(3)8-11/h8-9,11H,4-7H2,1-3H3. The van der Waals surface area contributed by atoms with Gasteiger partial charge in [0.25, 0.3) is 0 Å². The van der Waals surface area contributed by atoms with Crippen molar-refractivity contribution in [1.29, 1.82) is 0 Å². The quantitative estimate of drug-likeness (QED) is 0.602. The van der Waals surface area contributed by atoms with Crippen LogP contribution in [0.25, 0.3) is 0 Å². The minimum Gasteiger partial charge on any atom is -0.516 e. The van der Waals surface area contributed by atoms with Gasteiger partial charge in [-0.3, -0.25) is 0 Å². The fraction of sp³-hybridized carbons (Fsp3) is 0.800. The molecule has 1 heteroatoms. The van der Waals surface area contributed by atoms with Crippen molar-refractivity contribution in [3.63, 3.8) is 0 Å². The molecule has 0 saturated carbocycles. The zero-order valence-corrected chi connectivity index (χ0v) is 7.93. The molecule has 1 N–H and O–H groups in total. The van der Waals surface area contributed by atoms with Gasteiger partial charge in [-0.2, -0.15) is 0 Å². The summed E-state index contributed by atoms with van der Waals surface area (Å²) in [6, 6.07) is 0. The lowest BCUT2D eigenvalue weighted by Crippen LogP contribution is -1.91. The van der Waals surface area contributed by atoms with Gasteiger partial charge in [0.1, 0.15) is 0 Å². The van der Waals surface area contributed by atoms with Crippen molar-refractivity contribution in [2.24, 2.45) is 5.92 Å². The zero-order valence-electron chi connectivity index (χ0n) is 7.93. The van der Waals surface area contributed by atoms with Crippen molar-refractivity contribution in [1.82, 2.24) is 0 Å². The molecule has 0 radical (unpaired) electrons. The molecule has 0 rings (SSSR count). The molecule has 0 saturated heterocycles. The Labute approximate surface area is 70.1 Å². The van der Waals surface area contributed by atoms with Crippen LogP contribution in [0.4, 0.5) is 0 Å². The van der Waals surface area contributed by atoms with Crippen molar-refractivity contribution in [3.05, 3.63) is 11.8 Å². The smallest absolute Gasteiger partial charge is 0.0780 e. The average Bonchev–Trinajstić information content (AvgIpc) is 2.04. The van der Waals surface area contributed by atoms with Crippen LogP contribution in [-0.2, 0) is 0 Å². The second kappa shape index (κ2) is 6.26. The highest BCUT2D eigenvalue weighted by Crippen LogP contribution is 2.13. The third-order valence-corrected chi connectivity index (χ3v) is 2.19. The molecule has 0 aromatic rings. The lowest BCUT2D eigenvalue weighted by molar-refractivity contribution is 0.456. The molecule has 11 heavy (non-hydrogen) atoms. The molecule has 0 aliphatic rings. The lowest BCUT2D eigenvalue weighted by Gasteiger charge is -2.06. The summed E-state index contributed by atoms with van der Waals surface area (Å²) in [7, 11) is 0. The van der Waals surface area contributed by atoms with Gasteiger partial charge in [-0.1, -0.05) is 26.7 Å². The molecule has 0 amide bonds. The third kappa shape index (κ3) is 5.96. The van der Waals surface area contributed by atoms with Crippen LogP contribution < -0.4 is 0 Å². The van der Waals surface area contributed by atoms with Crippen LogP contribution in [0.5, 0.6) is 0 Å². The minimum atomic E-state index is 0.835. The van der Waals surface area contributed by atoms with E-state index in [9.17, 15) is 0 Å². The van der Waals surface area contributed by atoms with Crippen molar-refractivity contribution in [2.45, 2.75) is 46.5 Å². The fourth-order valence-electron chi connectivity index (χ4n) is 0.998. The van der Waals surface area contributed by atoms with Gasteiger partial charge >= 0.3 is 0 Å². The Bertz CT molecular complexity index is 116. The summed E-state index contributed by atoms with van der Waals surface area (Å²) in [5, 5.41) is 8.60. The number of hydrogen-bond donors (Lipinski definition) is 1. The first-order chi connectivity index (χ1) is 5.20. The maximum absolute atomic E-state index is 8.60. The van der Waals surface area contributed by atoms with Gasteiger partial charge in [-0.25, -0.2) is 0 Å². The second-order valence-corrected chi connectivity index (χ2v) is 3.38. The molecule has 0 heterocycles. The predicted octanol–water partition coefficient (Wildman–Crippen LogP) is 3.66. The van der Waals surface area contributed by atoms with E-state index in [1.807, 2.05) is 6.92 Å². The second-order valence-electron chi connectivity index (χ2n) is 3.38. The van der Waals surface area contributed by atoms with Crippen molar-refractivity contribution in [3.8, 4) is 0 Å². The van der Waals surface area contributed by atoms with Crippen LogP contribution in [-0.4, -0.2) is 5.11 Å². The van der Waals surface area contributed by atoms with E-state index in [1.165, 1.54) is 25.5 Å². The highest BCUT2D eigenvalue weighted by atomic mass is 16.2. The molecule has 1 atom stereocenters. The molecule has 66 valence electrons. The lowest BCUT2D eigenvalue weighted by atomic mass is 10.00.